The average Bonchev–Trinajstić information content (AvgIpc) is 2.70. The molecule has 5 nitrogen and oxygen atoms in total. The molecule has 120 valence electrons. The van der Waals surface area contributed by atoms with Gasteiger partial charge in [-0.2, -0.15) is 0 Å². The van der Waals surface area contributed by atoms with Gasteiger partial charge in [-0.05, 0) is 59.7 Å². The van der Waals surface area contributed by atoms with E-state index in [0.29, 0.717) is 0 Å². The summed E-state index contributed by atoms with van der Waals surface area (Å²) in [4.78, 5) is 9.11. The van der Waals surface area contributed by atoms with Crippen molar-refractivity contribution >= 4 is 0 Å². The molecular weight excluding hydrogens is 266 g/mol. The Hall–Kier alpha value is -0.910. The lowest BCUT2D eigenvalue weighted by atomic mass is 9.96. The van der Waals surface area contributed by atoms with E-state index in [-0.39, 0.29) is 6.10 Å². The largest absolute Gasteiger partial charge is 0.444 e. The maximum Gasteiger partial charge on any atom is 0.208 e. The van der Waals surface area contributed by atoms with E-state index in [9.17, 15) is 5.11 Å². The summed E-state index contributed by atoms with van der Waals surface area (Å²) in [6.45, 7) is 10.7. The molecule has 1 aliphatic rings. The molecule has 1 atom stereocenters. The quantitative estimate of drug-likeness (QED) is 0.867. The summed E-state index contributed by atoms with van der Waals surface area (Å²) in [5.41, 5.74) is 0.991. The van der Waals surface area contributed by atoms with Gasteiger partial charge in [0.2, 0.25) is 5.89 Å². The van der Waals surface area contributed by atoms with E-state index in [4.69, 9.17) is 4.42 Å². The zero-order chi connectivity index (χ0) is 15.4. The van der Waals surface area contributed by atoms with Crippen molar-refractivity contribution in [2.75, 3.05) is 33.2 Å². The van der Waals surface area contributed by atoms with Crippen LogP contribution in [0.3, 0.4) is 0 Å². The number of oxazole rings is 1. The molecule has 2 rings (SSSR count). The minimum atomic E-state index is -0.222. The SMILES string of the molecule is Cc1nc(CN(C)CC2CCN(CC(C)O)CC2)oc1C. The first-order valence-electron chi connectivity index (χ1n) is 7.96. The average molecular weight is 295 g/mol. The van der Waals surface area contributed by atoms with Crippen molar-refractivity contribution in [1.29, 1.82) is 0 Å². The third-order valence-corrected chi connectivity index (χ3v) is 4.28. The zero-order valence-electron chi connectivity index (χ0n) is 13.8. The van der Waals surface area contributed by atoms with E-state index in [1.54, 1.807) is 0 Å². The molecular formula is C16H29N3O2. The minimum Gasteiger partial charge on any atom is -0.444 e. The molecule has 1 aliphatic heterocycles. The topological polar surface area (TPSA) is 52.7 Å². The van der Waals surface area contributed by atoms with Gasteiger partial charge in [-0.1, -0.05) is 0 Å². The highest BCUT2D eigenvalue weighted by atomic mass is 16.4. The molecule has 1 fully saturated rings. The van der Waals surface area contributed by atoms with Gasteiger partial charge in [0.05, 0.1) is 18.3 Å². The van der Waals surface area contributed by atoms with Crippen LogP contribution in [0.4, 0.5) is 0 Å². The Morgan fingerprint density at radius 2 is 2.05 bits per heavy atom. The number of aliphatic hydroxyl groups excluding tert-OH is 1. The molecule has 1 saturated heterocycles. The lowest BCUT2D eigenvalue weighted by molar-refractivity contribution is 0.0910. The van der Waals surface area contributed by atoms with Gasteiger partial charge in [0.1, 0.15) is 5.76 Å². The van der Waals surface area contributed by atoms with Gasteiger partial charge in [0, 0.05) is 13.1 Å². The standard InChI is InChI=1S/C16H29N3O2/c1-12(20)9-19-7-5-15(6-8-19)10-18(4)11-16-17-13(2)14(3)21-16/h12,15,20H,5-11H2,1-4H3. The van der Waals surface area contributed by atoms with Crippen LogP contribution < -0.4 is 0 Å². The molecule has 1 unspecified atom stereocenters. The number of hydrogen-bond donors (Lipinski definition) is 1. The van der Waals surface area contributed by atoms with Gasteiger partial charge >= 0.3 is 0 Å². The lowest BCUT2D eigenvalue weighted by Crippen LogP contribution is -2.40. The maximum atomic E-state index is 9.44. The van der Waals surface area contributed by atoms with Crippen molar-refractivity contribution in [2.45, 2.75) is 46.3 Å². The van der Waals surface area contributed by atoms with Crippen LogP contribution in [0.2, 0.25) is 0 Å². The summed E-state index contributed by atoms with van der Waals surface area (Å²) in [6.07, 6.45) is 2.20. The van der Waals surface area contributed by atoms with Crippen LogP contribution in [0, 0.1) is 19.8 Å². The summed E-state index contributed by atoms with van der Waals surface area (Å²) in [5, 5.41) is 9.44. The van der Waals surface area contributed by atoms with Crippen molar-refractivity contribution in [3.05, 3.63) is 17.3 Å². The van der Waals surface area contributed by atoms with Crippen LogP contribution in [-0.4, -0.2) is 59.2 Å². The van der Waals surface area contributed by atoms with E-state index < -0.39 is 0 Å². The first-order valence-corrected chi connectivity index (χ1v) is 7.96. The summed E-state index contributed by atoms with van der Waals surface area (Å²) in [6, 6.07) is 0. The summed E-state index contributed by atoms with van der Waals surface area (Å²) in [7, 11) is 2.14. The molecule has 0 aromatic carbocycles. The van der Waals surface area contributed by atoms with Gasteiger partial charge in [0.25, 0.3) is 0 Å². The van der Waals surface area contributed by atoms with Crippen LogP contribution in [0.5, 0.6) is 0 Å². The summed E-state index contributed by atoms with van der Waals surface area (Å²) in [5.74, 6) is 2.47. The Morgan fingerprint density at radius 3 is 2.57 bits per heavy atom. The van der Waals surface area contributed by atoms with Gasteiger partial charge in [-0.15, -0.1) is 0 Å². The van der Waals surface area contributed by atoms with Crippen LogP contribution in [0.15, 0.2) is 4.42 Å². The molecule has 1 aromatic heterocycles. The number of nitrogens with zero attached hydrogens (tertiary/aromatic N) is 3. The Labute approximate surface area is 127 Å². The number of rotatable bonds is 6. The fourth-order valence-corrected chi connectivity index (χ4v) is 3.07. The molecule has 0 aliphatic carbocycles. The third kappa shape index (κ3) is 5.09. The van der Waals surface area contributed by atoms with Crippen LogP contribution in [0.1, 0.15) is 37.1 Å². The Kier molecular flexibility index (Phi) is 5.79. The number of hydrogen-bond acceptors (Lipinski definition) is 5. The van der Waals surface area contributed by atoms with Crippen molar-refractivity contribution in [2.24, 2.45) is 5.92 Å². The number of aryl methyl sites for hydroxylation is 2. The van der Waals surface area contributed by atoms with Crippen molar-refractivity contribution in [3.63, 3.8) is 0 Å². The number of aromatic nitrogens is 1. The van der Waals surface area contributed by atoms with Gasteiger partial charge in [-0.25, -0.2) is 4.98 Å². The molecule has 0 spiro atoms. The second kappa shape index (κ2) is 7.38. The normalized spacial score (nSPS) is 19.3. The molecule has 0 bridgehead atoms. The number of β-amino-alcohol motifs (C(OH)–C–C–N with tert-alkyl or cyclic N) is 1. The second-order valence-electron chi connectivity index (χ2n) is 6.54. The van der Waals surface area contributed by atoms with Crippen molar-refractivity contribution in [3.8, 4) is 0 Å². The second-order valence-corrected chi connectivity index (χ2v) is 6.54. The Bertz CT molecular complexity index is 417. The highest BCUT2D eigenvalue weighted by molar-refractivity contribution is 5.05. The smallest absolute Gasteiger partial charge is 0.208 e. The zero-order valence-corrected chi connectivity index (χ0v) is 13.8. The third-order valence-electron chi connectivity index (χ3n) is 4.28. The predicted molar refractivity (Wildman–Crippen MR) is 83.2 cm³/mol. The molecule has 0 amide bonds. The number of piperidine rings is 1. The van der Waals surface area contributed by atoms with Crippen LogP contribution in [-0.2, 0) is 6.54 Å². The highest BCUT2D eigenvalue weighted by Gasteiger charge is 2.21. The lowest BCUT2D eigenvalue weighted by Gasteiger charge is -2.34. The highest BCUT2D eigenvalue weighted by Crippen LogP contribution is 2.19. The molecule has 1 aromatic rings. The van der Waals surface area contributed by atoms with E-state index in [1.807, 2.05) is 20.8 Å². The van der Waals surface area contributed by atoms with E-state index in [0.717, 1.165) is 56.0 Å². The van der Waals surface area contributed by atoms with Gasteiger partial charge in [0.15, 0.2) is 0 Å². The molecule has 1 N–H and O–H groups in total. The van der Waals surface area contributed by atoms with E-state index in [2.05, 4.69) is 21.8 Å². The van der Waals surface area contributed by atoms with Crippen molar-refractivity contribution < 1.29 is 9.52 Å². The van der Waals surface area contributed by atoms with Crippen LogP contribution >= 0.6 is 0 Å². The fourth-order valence-electron chi connectivity index (χ4n) is 3.07. The Balaban J connectivity index is 1.73. The van der Waals surface area contributed by atoms with Gasteiger partial charge < -0.3 is 14.4 Å². The predicted octanol–water partition coefficient (Wildman–Crippen LogP) is 1.82. The fraction of sp³-hybridized carbons (Fsp3) is 0.812. The molecule has 0 saturated carbocycles. The monoisotopic (exact) mass is 295 g/mol. The summed E-state index contributed by atoms with van der Waals surface area (Å²) >= 11 is 0. The molecule has 5 heteroatoms. The van der Waals surface area contributed by atoms with E-state index >= 15 is 0 Å². The van der Waals surface area contributed by atoms with Gasteiger partial charge in [-0.3, -0.25) is 4.90 Å². The Morgan fingerprint density at radius 1 is 1.38 bits per heavy atom. The first kappa shape index (κ1) is 16.5. The first-order chi connectivity index (χ1) is 9.94. The number of likely N-dealkylation sites (tertiary alicyclic amines) is 1. The maximum absolute atomic E-state index is 9.44. The molecule has 21 heavy (non-hydrogen) atoms. The molecule has 2 heterocycles. The minimum absolute atomic E-state index is 0.222. The molecule has 0 radical (unpaired) electrons. The number of aliphatic hydroxyl groups is 1. The summed E-state index contributed by atoms with van der Waals surface area (Å²) < 4.78 is 5.65. The van der Waals surface area contributed by atoms with E-state index in [1.165, 1.54) is 12.8 Å². The van der Waals surface area contributed by atoms with Crippen LogP contribution in [0.25, 0.3) is 0 Å². The van der Waals surface area contributed by atoms with Crippen molar-refractivity contribution in [1.82, 2.24) is 14.8 Å².